The molecule has 2 aromatic rings. The molecule has 0 spiro atoms. The summed E-state index contributed by atoms with van der Waals surface area (Å²) < 4.78 is 13.2. The van der Waals surface area contributed by atoms with Gasteiger partial charge in [-0.25, -0.2) is 0 Å². The van der Waals surface area contributed by atoms with Crippen molar-refractivity contribution in [1.82, 2.24) is 9.80 Å². The van der Waals surface area contributed by atoms with Crippen molar-refractivity contribution in [2.75, 3.05) is 67.6 Å². The summed E-state index contributed by atoms with van der Waals surface area (Å²) in [6.45, 7) is 21.1. The molecule has 0 N–H and O–H groups in total. The van der Waals surface area contributed by atoms with Crippen molar-refractivity contribution in [3.63, 3.8) is 0 Å². The fourth-order valence-corrected chi connectivity index (χ4v) is 7.98. The van der Waals surface area contributed by atoms with E-state index in [0.29, 0.717) is 24.7 Å². The number of amides is 2. The van der Waals surface area contributed by atoms with Crippen LogP contribution in [0.5, 0.6) is 11.5 Å². The first kappa shape index (κ1) is 49.0. The van der Waals surface area contributed by atoms with Gasteiger partial charge in [-0.05, 0) is 117 Å². The highest BCUT2D eigenvalue weighted by atomic mass is 16.5. The number of benzene rings is 2. The topological polar surface area (TPSA) is 59.1 Å². The van der Waals surface area contributed by atoms with E-state index in [4.69, 9.17) is 9.47 Å². The first-order valence-electron chi connectivity index (χ1n) is 22.3. The third-order valence-corrected chi connectivity index (χ3v) is 12.1. The van der Waals surface area contributed by atoms with Gasteiger partial charge in [0.25, 0.3) is 0 Å². The molecule has 56 heavy (non-hydrogen) atoms. The lowest BCUT2D eigenvalue weighted by atomic mass is 10.1. The van der Waals surface area contributed by atoms with Gasteiger partial charge in [-0.2, -0.15) is 0 Å². The van der Waals surface area contributed by atoms with Crippen molar-refractivity contribution in [2.45, 2.75) is 157 Å². The van der Waals surface area contributed by atoms with Crippen LogP contribution in [-0.4, -0.2) is 110 Å². The molecule has 2 amide bonds. The maximum absolute atomic E-state index is 13.2. The average Bonchev–Trinajstić information content (AvgIpc) is 3.18. The van der Waals surface area contributed by atoms with Crippen LogP contribution in [0.2, 0.25) is 0 Å². The van der Waals surface area contributed by atoms with Gasteiger partial charge in [0.2, 0.25) is 11.8 Å². The van der Waals surface area contributed by atoms with E-state index in [1.165, 1.54) is 24.0 Å². The monoisotopic (exact) mass is 781 g/mol. The Morgan fingerprint density at radius 2 is 0.875 bits per heavy atom. The van der Waals surface area contributed by atoms with Gasteiger partial charge in [-0.3, -0.25) is 9.59 Å². The standard InChI is InChI=1S/C48H84N4O4/c1-11-51(7,39-43-29-21-23-31-45(43)55-9)37-27-17-19-33-47(53)49(41(3)4)35-25-15-13-14-16-26-36-50(42(5)6)48(54)34-20-18-28-38-52(8,12-2)40-44-30-22-24-32-46(44)56-10/h21-24,29-32,41-42H,11-20,25-28,33-40H2,1-10H3/q+2. The fraction of sp³-hybridized carbons (Fsp3) is 0.708. The number of rotatable bonds is 31. The molecule has 0 heterocycles. The van der Waals surface area contributed by atoms with Crippen molar-refractivity contribution in [3.05, 3.63) is 59.7 Å². The molecule has 0 aliphatic rings. The molecule has 2 aromatic carbocycles. The Morgan fingerprint density at radius 3 is 1.21 bits per heavy atom. The SMILES string of the molecule is CC[N+](C)(CCCCCC(=O)N(CCCCCCCCN(C(=O)CCCCC[N+](C)(CC)Cc1ccccc1OC)C(C)C)C(C)C)Cc1ccccc1OC. The number of para-hydroxylation sites is 2. The van der Waals surface area contributed by atoms with Gasteiger partial charge in [0.05, 0.1) is 54.5 Å². The van der Waals surface area contributed by atoms with Crippen molar-refractivity contribution in [2.24, 2.45) is 0 Å². The summed E-state index contributed by atoms with van der Waals surface area (Å²) in [5.41, 5.74) is 2.52. The third-order valence-electron chi connectivity index (χ3n) is 12.1. The Morgan fingerprint density at radius 1 is 0.536 bits per heavy atom. The molecule has 0 aromatic heterocycles. The number of unbranched alkanes of at least 4 members (excludes halogenated alkanes) is 9. The molecule has 2 rings (SSSR count). The normalized spacial score (nSPS) is 13.7. The molecule has 0 saturated heterocycles. The second-order valence-electron chi connectivity index (χ2n) is 17.4. The predicted octanol–water partition coefficient (Wildman–Crippen LogP) is 10.3. The molecule has 0 radical (unpaired) electrons. The number of hydrogen-bond acceptors (Lipinski definition) is 4. The van der Waals surface area contributed by atoms with E-state index >= 15 is 0 Å². The molecule has 0 bridgehead atoms. The Bertz CT molecular complexity index is 1280. The Kier molecular flexibility index (Phi) is 23.4. The summed E-state index contributed by atoms with van der Waals surface area (Å²) in [7, 11) is 8.16. The van der Waals surface area contributed by atoms with E-state index in [-0.39, 0.29) is 12.1 Å². The number of carbonyl (C=O) groups excluding carboxylic acids is 2. The maximum Gasteiger partial charge on any atom is 0.222 e. The van der Waals surface area contributed by atoms with Crippen LogP contribution >= 0.6 is 0 Å². The molecule has 0 saturated carbocycles. The smallest absolute Gasteiger partial charge is 0.222 e. The minimum absolute atomic E-state index is 0.239. The van der Waals surface area contributed by atoms with E-state index in [9.17, 15) is 9.59 Å². The fourth-order valence-electron chi connectivity index (χ4n) is 7.98. The summed E-state index contributed by atoms with van der Waals surface area (Å²) in [5.74, 6) is 2.55. The van der Waals surface area contributed by atoms with E-state index in [2.05, 4.69) is 89.7 Å². The van der Waals surface area contributed by atoms with Crippen molar-refractivity contribution in [1.29, 1.82) is 0 Å². The average molecular weight is 781 g/mol. The van der Waals surface area contributed by atoms with Crippen LogP contribution in [0, 0.1) is 0 Å². The summed E-state index contributed by atoms with van der Waals surface area (Å²) in [5, 5.41) is 0. The maximum atomic E-state index is 13.2. The minimum atomic E-state index is 0.239. The number of ether oxygens (including phenoxy) is 2. The molecule has 2 atom stereocenters. The zero-order valence-corrected chi connectivity index (χ0v) is 37.8. The summed E-state index contributed by atoms with van der Waals surface area (Å²) >= 11 is 0. The molecule has 0 fully saturated rings. The third kappa shape index (κ3) is 18.0. The van der Waals surface area contributed by atoms with Gasteiger partial charge in [0.15, 0.2) is 0 Å². The lowest BCUT2D eigenvalue weighted by Crippen LogP contribution is -2.43. The largest absolute Gasteiger partial charge is 0.496 e. The molecular weight excluding hydrogens is 697 g/mol. The predicted molar refractivity (Wildman–Crippen MR) is 235 cm³/mol. The Balaban J connectivity index is 1.61. The molecule has 0 aliphatic carbocycles. The quantitative estimate of drug-likeness (QED) is 0.0565. The number of carbonyl (C=O) groups is 2. The zero-order valence-electron chi connectivity index (χ0n) is 37.8. The minimum Gasteiger partial charge on any atom is -0.496 e. The van der Waals surface area contributed by atoms with Gasteiger partial charge in [-0.15, -0.1) is 0 Å². The molecule has 8 heteroatoms. The van der Waals surface area contributed by atoms with Crippen LogP contribution in [0.1, 0.15) is 143 Å². The second kappa shape index (κ2) is 26.7. The van der Waals surface area contributed by atoms with Crippen molar-refractivity contribution >= 4 is 11.8 Å². The lowest BCUT2D eigenvalue weighted by Gasteiger charge is -2.34. The summed E-state index contributed by atoms with van der Waals surface area (Å²) in [6, 6.07) is 17.2. The summed E-state index contributed by atoms with van der Waals surface area (Å²) in [6.07, 6.45) is 14.4. The Hall–Kier alpha value is -3.10. The van der Waals surface area contributed by atoms with Gasteiger partial charge in [-0.1, -0.05) is 49.9 Å². The molecular formula is C48H84N4O4+2. The van der Waals surface area contributed by atoms with E-state index in [0.717, 1.165) is 137 Å². The molecule has 8 nitrogen and oxygen atoms in total. The Labute approximate surface area is 344 Å². The van der Waals surface area contributed by atoms with Gasteiger partial charge in [0.1, 0.15) is 24.6 Å². The van der Waals surface area contributed by atoms with Gasteiger partial charge >= 0.3 is 0 Å². The van der Waals surface area contributed by atoms with Crippen LogP contribution in [0.3, 0.4) is 0 Å². The highest BCUT2D eigenvalue weighted by Crippen LogP contribution is 2.24. The van der Waals surface area contributed by atoms with E-state index < -0.39 is 0 Å². The highest BCUT2D eigenvalue weighted by molar-refractivity contribution is 5.76. The molecule has 0 aliphatic heterocycles. The van der Waals surface area contributed by atoms with Crippen LogP contribution in [0.4, 0.5) is 0 Å². The van der Waals surface area contributed by atoms with Crippen molar-refractivity contribution < 1.29 is 28.0 Å². The van der Waals surface area contributed by atoms with E-state index in [1.807, 2.05) is 24.3 Å². The molecule has 2 unspecified atom stereocenters. The zero-order chi connectivity index (χ0) is 41.4. The second-order valence-corrected chi connectivity index (χ2v) is 17.4. The first-order valence-corrected chi connectivity index (χ1v) is 22.3. The first-order chi connectivity index (χ1) is 26.8. The van der Waals surface area contributed by atoms with Crippen molar-refractivity contribution in [3.8, 4) is 11.5 Å². The molecule has 318 valence electrons. The van der Waals surface area contributed by atoms with Crippen LogP contribution in [0.25, 0.3) is 0 Å². The van der Waals surface area contributed by atoms with Crippen LogP contribution < -0.4 is 9.47 Å². The van der Waals surface area contributed by atoms with E-state index in [1.54, 1.807) is 14.2 Å². The van der Waals surface area contributed by atoms with Crippen LogP contribution in [0.15, 0.2) is 48.5 Å². The summed E-state index contributed by atoms with van der Waals surface area (Å²) in [4.78, 5) is 30.6. The highest BCUT2D eigenvalue weighted by Gasteiger charge is 2.24. The number of methoxy groups -OCH3 is 2. The number of quaternary nitrogens is 2. The number of hydrogen-bond donors (Lipinski definition) is 0. The van der Waals surface area contributed by atoms with Gasteiger partial charge in [0, 0.05) is 49.1 Å². The number of nitrogens with zero attached hydrogens (tertiary/aromatic N) is 4. The van der Waals surface area contributed by atoms with Gasteiger partial charge < -0.3 is 28.2 Å². The van der Waals surface area contributed by atoms with Crippen LogP contribution in [-0.2, 0) is 22.7 Å². The lowest BCUT2D eigenvalue weighted by molar-refractivity contribution is -0.921.